The molecule has 0 saturated heterocycles. The number of hydrogen-bond donors (Lipinski definition) is 3. The number of hydrogen-bond acceptors (Lipinski definition) is 6. The highest BCUT2D eigenvalue weighted by Crippen LogP contribution is 2.31. The van der Waals surface area contributed by atoms with Crippen LogP contribution in [-0.2, 0) is 0 Å². The number of aromatic carboxylic acids is 1. The van der Waals surface area contributed by atoms with Crippen LogP contribution in [0.3, 0.4) is 0 Å². The molecular formula is C19H17ClN2O5. The molecule has 2 aromatic carbocycles. The maximum absolute atomic E-state index is 12.1. The Hall–Kier alpha value is -3.06. The monoisotopic (exact) mass is 388 g/mol. The molecule has 1 aromatic heterocycles. The van der Waals surface area contributed by atoms with Crippen molar-refractivity contribution in [3.8, 4) is 0 Å². The molecule has 0 spiro atoms. The van der Waals surface area contributed by atoms with Crippen LogP contribution in [0.15, 0.2) is 44.3 Å². The first-order valence-electron chi connectivity index (χ1n) is 8.28. The zero-order valence-electron chi connectivity index (χ0n) is 14.6. The Balaban J connectivity index is 1.93. The summed E-state index contributed by atoms with van der Waals surface area (Å²) in [5, 5.41) is 15.1. The smallest absolute Gasteiger partial charge is 0.339 e. The molecule has 7 nitrogen and oxygen atoms in total. The molecule has 3 N–H and O–H groups in total. The third-order valence-corrected chi connectivity index (χ3v) is 4.54. The fraction of sp³-hybridized carbons (Fsp3) is 0.211. The van der Waals surface area contributed by atoms with E-state index in [9.17, 15) is 19.5 Å². The molecule has 0 fully saturated rings. The summed E-state index contributed by atoms with van der Waals surface area (Å²) in [5.74, 6) is 0.135. The number of aryl methyl sites for hydroxylation is 1. The highest BCUT2D eigenvalue weighted by Gasteiger charge is 2.26. The number of benzene rings is 1. The van der Waals surface area contributed by atoms with E-state index in [0.29, 0.717) is 12.2 Å². The van der Waals surface area contributed by atoms with E-state index < -0.39 is 16.8 Å². The molecule has 0 aliphatic heterocycles. The summed E-state index contributed by atoms with van der Waals surface area (Å²) in [5.41, 5.74) is -1.33. The molecule has 3 rings (SSSR count). The Morgan fingerprint density at radius 3 is 2.48 bits per heavy atom. The van der Waals surface area contributed by atoms with Crippen LogP contribution in [0.5, 0.6) is 0 Å². The van der Waals surface area contributed by atoms with Gasteiger partial charge in [-0.15, -0.1) is 0 Å². The van der Waals surface area contributed by atoms with Gasteiger partial charge in [0.05, 0.1) is 16.8 Å². The van der Waals surface area contributed by atoms with Gasteiger partial charge in [0, 0.05) is 0 Å². The van der Waals surface area contributed by atoms with Crippen LogP contribution >= 0.6 is 11.6 Å². The van der Waals surface area contributed by atoms with Crippen molar-refractivity contribution in [3.05, 3.63) is 72.9 Å². The first-order chi connectivity index (χ1) is 12.8. The van der Waals surface area contributed by atoms with Crippen molar-refractivity contribution < 1.29 is 14.3 Å². The van der Waals surface area contributed by atoms with Crippen LogP contribution in [0.2, 0.25) is 5.02 Å². The minimum Gasteiger partial charge on any atom is -0.478 e. The van der Waals surface area contributed by atoms with Crippen molar-refractivity contribution in [2.24, 2.45) is 0 Å². The van der Waals surface area contributed by atoms with Gasteiger partial charge in [0.25, 0.3) is 10.9 Å². The molecule has 0 unspecified atom stereocenters. The lowest BCUT2D eigenvalue weighted by Gasteiger charge is -2.21. The normalized spacial score (nSPS) is 12.1. The largest absolute Gasteiger partial charge is 0.478 e. The van der Waals surface area contributed by atoms with Crippen molar-refractivity contribution in [1.82, 2.24) is 0 Å². The Labute approximate surface area is 159 Å². The molecule has 0 aliphatic carbocycles. The summed E-state index contributed by atoms with van der Waals surface area (Å²) in [7, 11) is 0. The minimum atomic E-state index is -1.24. The number of nitrogens with one attached hydrogen (secondary N) is 2. The van der Waals surface area contributed by atoms with Crippen LogP contribution in [-0.4, -0.2) is 11.1 Å². The fourth-order valence-electron chi connectivity index (χ4n) is 2.82. The fourth-order valence-corrected chi connectivity index (χ4v) is 3.07. The number of carboxylic acids is 1. The predicted octanol–water partition coefficient (Wildman–Crippen LogP) is 3.84. The maximum atomic E-state index is 12.1. The van der Waals surface area contributed by atoms with Crippen molar-refractivity contribution in [3.63, 3.8) is 0 Å². The van der Waals surface area contributed by atoms with Crippen molar-refractivity contribution in [1.29, 1.82) is 0 Å². The molecule has 27 heavy (non-hydrogen) atoms. The minimum absolute atomic E-state index is 0.00601. The van der Waals surface area contributed by atoms with Crippen LogP contribution in [0.25, 0.3) is 0 Å². The van der Waals surface area contributed by atoms with Crippen molar-refractivity contribution in [2.75, 3.05) is 10.6 Å². The molecule has 3 aromatic rings. The second-order valence-corrected chi connectivity index (χ2v) is 6.46. The standard InChI is InChI=1S/C19H17ClN2O5/c1-3-11(13-8-7-9(2)27-13)21-15-16(18(24)17(15)23)22-12-6-4-5-10(20)14(12)19(25)26/h4-8,11,21-22H,3H2,1-2H3,(H,25,26)/t11-/m1/s1. The molecule has 0 radical (unpaired) electrons. The summed E-state index contributed by atoms with van der Waals surface area (Å²) in [6.45, 7) is 3.72. The van der Waals surface area contributed by atoms with Gasteiger partial charge in [0.15, 0.2) is 0 Å². The molecule has 0 saturated carbocycles. The number of carbonyl (C=O) groups is 1. The second-order valence-electron chi connectivity index (χ2n) is 6.05. The molecule has 8 heteroatoms. The number of halogens is 1. The van der Waals surface area contributed by atoms with Gasteiger partial charge in [-0.1, -0.05) is 24.6 Å². The van der Waals surface area contributed by atoms with Crippen LogP contribution < -0.4 is 21.5 Å². The SMILES string of the molecule is CC[C@@H](Nc1c(Nc2cccc(Cl)c2C(=O)O)c(=O)c1=O)c1ccc(C)o1. The Morgan fingerprint density at radius 2 is 1.89 bits per heavy atom. The molecule has 0 amide bonds. The summed E-state index contributed by atoms with van der Waals surface area (Å²) >= 11 is 5.94. The summed E-state index contributed by atoms with van der Waals surface area (Å²) in [4.78, 5) is 35.5. The first kappa shape index (κ1) is 18.7. The highest BCUT2D eigenvalue weighted by molar-refractivity contribution is 6.34. The Morgan fingerprint density at radius 1 is 1.19 bits per heavy atom. The number of anilines is 3. The van der Waals surface area contributed by atoms with E-state index >= 15 is 0 Å². The third kappa shape index (κ3) is 3.46. The zero-order valence-corrected chi connectivity index (χ0v) is 15.4. The number of carboxylic acid groups (broad SMARTS) is 1. The molecule has 140 valence electrons. The van der Waals surface area contributed by atoms with Gasteiger partial charge in [0.2, 0.25) is 0 Å². The highest BCUT2D eigenvalue weighted by atomic mass is 35.5. The maximum Gasteiger partial charge on any atom is 0.339 e. The quantitative estimate of drug-likeness (QED) is 0.527. The average molecular weight is 389 g/mol. The number of furan rings is 1. The number of rotatable bonds is 7. The Kier molecular flexibility index (Phi) is 5.05. The van der Waals surface area contributed by atoms with E-state index in [1.807, 2.05) is 19.9 Å². The molecule has 1 heterocycles. The van der Waals surface area contributed by atoms with Gasteiger partial charge in [-0.2, -0.15) is 0 Å². The van der Waals surface area contributed by atoms with Crippen molar-refractivity contribution >= 4 is 34.6 Å². The van der Waals surface area contributed by atoms with Gasteiger partial charge in [0.1, 0.15) is 28.5 Å². The van der Waals surface area contributed by atoms with Crippen molar-refractivity contribution in [2.45, 2.75) is 26.3 Å². The second kappa shape index (κ2) is 7.28. The predicted molar refractivity (Wildman–Crippen MR) is 103 cm³/mol. The van der Waals surface area contributed by atoms with E-state index in [4.69, 9.17) is 16.0 Å². The van der Waals surface area contributed by atoms with E-state index in [0.717, 1.165) is 5.76 Å². The Bertz CT molecular complexity index is 1080. The van der Waals surface area contributed by atoms with Gasteiger partial charge in [-0.25, -0.2) is 4.79 Å². The summed E-state index contributed by atoms with van der Waals surface area (Å²) in [6.07, 6.45) is 0.614. The lowest BCUT2D eigenvalue weighted by molar-refractivity contribution is 0.0698. The lowest BCUT2D eigenvalue weighted by atomic mass is 10.1. The molecule has 0 bridgehead atoms. The third-order valence-electron chi connectivity index (χ3n) is 4.23. The van der Waals surface area contributed by atoms with Gasteiger partial charge < -0.3 is 20.2 Å². The topological polar surface area (TPSA) is 109 Å². The molecule has 1 atom stereocenters. The van der Waals surface area contributed by atoms with Crippen LogP contribution in [0.1, 0.15) is 41.3 Å². The molecule has 0 aliphatic rings. The zero-order chi connectivity index (χ0) is 19.7. The first-order valence-corrected chi connectivity index (χ1v) is 8.66. The van der Waals surface area contributed by atoms with Crippen LogP contribution in [0.4, 0.5) is 17.1 Å². The van der Waals surface area contributed by atoms with E-state index in [1.54, 1.807) is 12.1 Å². The van der Waals surface area contributed by atoms with Gasteiger partial charge >= 0.3 is 5.97 Å². The summed E-state index contributed by atoms with van der Waals surface area (Å²) in [6, 6.07) is 7.77. The summed E-state index contributed by atoms with van der Waals surface area (Å²) < 4.78 is 5.59. The molecular weight excluding hydrogens is 372 g/mol. The van der Waals surface area contributed by atoms with E-state index in [1.165, 1.54) is 12.1 Å². The lowest BCUT2D eigenvalue weighted by Crippen LogP contribution is -2.37. The van der Waals surface area contributed by atoms with Gasteiger partial charge in [-0.3, -0.25) is 9.59 Å². The van der Waals surface area contributed by atoms with E-state index in [2.05, 4.69) is 10.6 Å². The van der Waals surface area contributed by atoms with Crippen LogP contribution in [0, 0.1) is 6.92 Å². The van der Waals surface area contributed by atoms with Gasteiger partial charge in [-0.05, 0) is 37.6 Å². The average Bonchev–Trinajstić information content (AvgIpc) is 3.06. The van der Waals surface area contributed by atoms with E-state index in [-0.39, 0.29) is 33.7 Å².